The van der Waals surface area contributed by atoms with Crippen LogP contribution in [0.5, 0.6) is 0 Å². The van der Waals surface area contributed by atoms with E-state index >= 15 is 0 Å². The van der Waals surface area contributed by atoms with E-state index in [2.05, 4.69) is 5.32 Å². The third-order valence-electron chi connectivity index (χ3n) is 3.44. The Labute approximate surface area is 126 Å². The first-order chi connectivity index (χ1) is 9.51. The molecule has 0 aromatic carbocycles. The number of nitrogens with one attached hydrogen (secondary N) is 1. The van der Waals surface area contributed by atoms with Crippen molar-refractivity contribution in [3.05, 3.63) is 0 Å². The summed E-state index contributed by atoms with van der Waals surface area (Å²) < 4.78 is 5.95. The molecule has 1 rings (SSSR count). The highest BCUT2D eigenvalue weighted by atomic mass is 16.5. The third-order valence-corrected chi connectivity index (χ3v) is 3.44. The Morgan fingerprint density at radius 3 is 2.24 bits per heavy atom. The molecule has 122 valence electrons. The molecule has 0 radical (unpaired) electrons. The van der Waals surface area contributed by atoms with E-state index in [-0.39, 0.29) is 29.6 Å². The van der Waals surface area contributed by atoms with Gasteiger partial charge in [0.05, 0.1) is 24.3 Å². The number of hydrogen-bond donors (Lipinski definition) is 2. The standard InChI is InChI=1S/C15H28N2O4/c1-11(6-7-12(18)19)8-16-13(20)17-9-14(2,3)21-15(4,5)10-17/h11H,6-10H2,1-5H3,(H,16,20)(H,18,19). The molecule has 0 aromatic rings. The number of carboxylic acid groups (broad SMARTS) is 1. The van der Waals surface area contributed by atoms with Crippen LogP contribution in [-0.2, 0) is 9.53 Å². The van der Waals surface area contributed by atoms with Crippen LogP contribution in [0.1, 0.15) is 47.5 Å². The van der Waals surface area contributed by atoms with Crippen molar-refractivity contribution in [2.75, 3.05) is 19.6 Å². The van der Waals surface area contributed by atoms with Crippen molar-refractivity contribution in [1.82, 2.24) is 10.2 Å². The van der Waals surface area contributed by atoms with E-state index in [4.69, 9.17) is 9.84 Å². The summed E-state index contributed by atoms with van der Waals surface area (Å²) in [5.41, 5.74) is -0.734. The Morgan fingerprint density at radius 2 is 1.76 bits per heavy atom. The van der Waals surface area contributed by atoms with Crippen molar-refractivity contribution in [2.45, 2.75) is 58.7 Å². The number of hydrogen-bond acceptors (Lipinski definition) is 3. The predicted octanol–water partition coefficient (Wildman–Crippen LogP) is 2.09. The van der Waals surface area contributed by atoms with Gasteiger partial charge >= 0.3 is 12.0 Å². The van der Waals surface area contributed by atoms with Crippen LogP contribution in [0.4, 0.5) is 4.79 Å². The number of ether oxygens (including phenoxy) is 1. The monoisotopic (exact) mass is 300 g/mol. The second-order valence-electron chi connectivity index (χ2n) is 7.20. The Bertz CT molecular complexity index is 377. The minimum Gasteiger partial charge on any atom is -0.481 e. The van der Waals surface area contributed by atoms with Crippen molar-refractivity contribution in [3.8, 4) is 0 Å². The zero-order chi connectivity index (χ0) is 16.3. The van der Waals surface area contributed by atoms with Crippen LogP contribution in [-0.4, -0.2) is 52.8 Å². The fourth-order valence-electron chi connectivity index (χ4n) is 2.78. The Kier molecular flexibility index (Phi) is 5.61. The summed E-state index contributed by atoms with van der Waals surface area (Å²) in [6, 6.07) is -0.110. The summed E-state index contributed by atoms with van der Waals surface area (Å²) in [5, 5.41) is 11.5. The molecule has 0 bridgehead atoms. The number of morpholine rings is 1. The molecule has 1 unspecified atom stereocenters. The largest absolute Gasteiger partial charge is 0.481 e. The highest BCUT2D eigenvalue weighted by molar-refractivity contribution is 5.74. The van der Waals surface area contributed by atoms with Gasteiger partial charge in [-0.05, 0) is 40.0 Å². The number of urea groups is 1. The topological polar surface area (TPSA) is 78.9 Å². The molecular formula is C15H28N2O4. The Balaban J connectivity index is 2.46. The van der Waals surface area contributed by atoms with Gasteiger partial charge in [0, 0.05) is 13.0 Å². The van der Waals surface area contributed by atoms with E-state index in [0.29, 0.717) is 26.1 Å². The van der Waals surface area contributed by atoms with Crippen molar-refractivity contribution in [1.29, 1.82) is 0 Å². The molecule has 1 aliphatic rings. The van der Waals surface area contributed by atoms with Gasteiger partial charge in [-0.25, -0.2) is 4.79 Å². The smallest absolute Gasteiger partial charge is 0.317 e. The third kappa shape index (κ3) is 6.33. The van der Waals surface area contributed by atoms with E-state index in [1.54, 1.807) is 4.90 Å². The molecule has 6 nitrogen and oxygen atoms in total. The van der Waals surface area contributed by atoms with Crippen molar-refractivity contribution in [3.63, 3.8) is 0 Å². The van der Waals surface area contributed by atoms with Crippen LogP contribution in [0.15, 0.2) is 0 Å². The number of carbonyl (C=O) groups is 2. The van der Waals surface area contributed by atoms with Gasteiger partial charge in [0.2, 0.25) is 0 Å². The number of aliphatic carboxylic acids is 1. The van der Waals surface area contributed by atoms with Crippen molar-refractivity contribution in [2.24, 2.45) is 5.92 Å². The molecule has 1 fully saturated rings. The van der Waals surface area contributed by atoms with Gasteiger partial charge in [0.1, 0.15) is 0 Å². The molecule has 21 heavy (non-hydrogen) atoms. The molecule has 2 N–H and O–H groups in total. The lowest BCUT2D eigenvalue weighted by atomic mass is 9.99. The summed E-state index contributed by atoms with van der Waals surface area (Å²) >= 11 is 0. The van der Waals surface area contributed by atoms with Crippen LogP contribution < -0.4 is 5.32 Å². The van der Waals surface area contributed by atoms with E-state index in [1.807, 2.05) is 34.6 Å². The minimum atomic E-state index is -0.801. The number of rotatable bonds is 5. The second-order valence-corrected chi connectivity index (χ2v) is 7.20. The zero-order valence-corrected chi connectivity index (χ0v) is 13.7. The number of carboxylic acids is 1. The molecule has 1 atom stereocenters. The maximum atomic E-state index is 12.3. The normalized spacial score (nSPS) is 21.7. The fraction of sp³-hybridized carbons (Fsp3) is 0.867. The first kappa shape index (κ1) is 17.8. The van der Waals surface area contributed by atoms with E-state index in [0.717, 1.165) is 0 Å². The molecule has 1 aliphatic heterocycles. The molecule has 1 saturated heterocycles. The molecule has 2 amide bonds. The molecule has 0 aliphatic carbocycles. The summed E-state index contributed by atoms with van der Waals surface area (Å²) in [4.78, 5) is 24.6. The zero-order valence-electron chi connectivity index (χ0n) is 13.7. The molecule has 0 aromatic heterocycles. The molecule has 0 spiro atoms. The average molecular weight is 300 g/mol. The van der Waals surface area contributed by atoms with Crippen LogP contribution >= 0.6 is 0 Å². The minimum absolute atomic E-state index is 0.110. The Hall–Kier alpha value is -1.30. The summed E-state index contributed by atoms with van der Waals surface area (Å²) in [5.74, 6) is -0.656. The lowest BCUT2D eigenvalue weighted by molar-refractivity contribution is -0.170. The average Bonchev–Trinajstić information content (AvgIpc) is 2.29. The first-order valence-corrected chi connectivity index (χ1v) is 7.45. The maximum absolute atomic E-state index is 12.3. The highest BCUT2D eigenvalue weighted by Crippen LogP contribution is 2.27. The van der Waals surface area contributed by atoms with E-state index in [1.165, 1.54) is 0 Å². The van der Waals surface area contributed by atoms with Crippen LogP contribution in [0.3, 0.4) is 0 Å². The van der Waals surface area contributed by atoms with Gasteiger partial charge in [-0.15, -0.1) is 0 Å². The number of nitrogens with zero attached hydrogens (tertiary/aromatic N) is 1. The van der Waals surface area contributed by atoms with E-state index in [9.17, 15) is 9.59 Å². The molecule has 0 saturated carbocycles. The van der Waals surface area contributed by atoms with Crippen molar-refractivity contribution < 1.29 is 19.4 Å². The van der Waals surface area contributed by atoms with Gasteiger partial charge in [0.25, 0.3) is 0 Å². The first-order valence-electron chi connectivity index (χ1n) is 7.45. The SMILES string of the molecule is CC(CCC(=O)O)CNC(=O)N1CC(C)(C)OC(C)(C)C1. The maximum Gasteiger partial charge on any atom is 0.317 e. The lowest BCUT2D eigenvalue weighted by Crippen LogP contribution is -2.60. The van der Waals surface area contributed by atoms with Crippen LogP contribution in [0.2, 0.25) is 0 Å². The van der Waals surface area contributed by atoms with Gasteiger partial charge in [-0.1, -0.05) is 6.92 Å². The number of amides is 2. The van der Waals surface area contributed by atoms with Gasteiger partial charge in [-0.2, -0.15) is 0 Å². The highest BCUT2D eigenvalue weighted by Gasteiger charge is 2.39. The van der Waals surface area contributed by atoms with Crippen molar-refractivity contribution >= 4 is 12.0 Å². The van der Waals surface area contributed by atoms with Gasteiger partial charge in [0.15, 0.2) is 0 Å². The van der Waals surface area contributed by atoms with Gasteiger partial charge < -0.3 is 20.1 Å². The quantitative estimate of drug-likeness (QED) is 0.815. The van der Waals surface area contributed by atoms with E-state index < -0.39 is 5.97 Å². The van der Waals surface area contributed by atoms with Crippen LogP contribution in [0.25, 0.3) is 0 Å². The Morgan fingerprint density at radius 1 is 1.24 bits per heavy atom. The molecular weight excluding hydrogens is 272 g/mol. The summed E-state index contributed by atoms with van der Waals surface area (Å²) in [6.07, 6.45) is 0.699. The van der Waals surface area contributed by atoms with Crippen LogP contribution in [0, 0.1) is 5.92 Å². The predicted molar refractivity (Wildman–Crippen MR) is 80.2 cm³/mol. The van der Waals surface area contributed by atoms with Gasteiger partial charge in [-0.3, -0.25) is 4.79 Å². The summed E-state index contributed by atoms with van der Waals surface area (Å²) in [7, 11) is 0. The molecule has 6 heteroatoms. The lowest BCUT2D eigenvalue weighted by Gasteiger charge is -2.47. The fourth-order valence-corrected chi connectivity index (χ4v) is 2.78. The molecule has 1 heterocycles. The summed E-state index contributed by atoms with van der Waals surface area (Å²) in [6.45, 7) is 11.4. The second kappa shape index (κ2) is 6.64. The number of carbonyl (C=O) groups excluding carboxylic acids is 1.